The second kappa shape index (κ2) is 8.63. The average Bonchev–Trinajstić information content (AvgIpc) is 3.62. The standard InChI is InChI=1S/C33H30N2/c1-25-13-17-29(18-14-25)34(28-9-5-3-6-10-28)32-21-22-33(24-27(33)23-32)35(30-11-7-4-8-12-30)31-19-15-26(2)16-20-31/h3-23,27H,24H2,1-2H3. The molecule has 0 aliphatic heterocycles. The van der Waals surface area contributed by atoms with Crippen molar-refractivity contribution in [3.8, 4) is 0 Å². The van der Waals surface area contributed by atoms with Gasteiger partial charge in [0.1, 0.15) is 0 Å². The molecule has 0 amide bonds. The quantitative estimate of drug-likeness (QED) is 0.288. The summed E-state index contributed by atoms with van der Waals surface area (Å²) < 4.78 is 0. The molecule has 6 rings (SSSR count). The normalized spacial score (nSPS) is 20.1. The highest BCUT2D eigenvalue weighted by Gasteiger charge is 2.57. The monoisotopic (exact) mass is 454 g/mol. The van der Waals surface area contributed by atoms with Gasteiger partial charge in [-0.05, 0) is 74.9 Å². The summed E-state index contributed by atoms with van der Waals surface area (Å²) in [6.07, 6.45) is 8.33. The molecule has 2 aliphatic carbocycles. The van der Waals surface area contributed by atoms with Gasteiger partial charge >= 0.3 is 0 Å². The summed E-state index contributed by atoms with van der Waals surface area (Å²) in [5.41, 5.74) is 8.59. The molecule has 0 aromatic heterocycles. The lowest BCUT2D eigenvalue weighted by Gasteiger charge is -2.36. The summed E-state index contributed by atoms with van der Waals surface area (Å²) in [7, 11) is 0. The Kier molecular flexibility index (Phi) is 5.30. The Hall–Kier alpha value is -4.04. The van der Waals surface area contributed by atoms with Crippen LogP contribution in [-0.4, -0.2) is 5.54 Å². The van der Waals surface area contributed by atoms with Crippen LogP contribution in [0.3, 0.4) is 0 Å². The Morgan fingerprint density at radius 1 is 0.600 bits per heavy atom. The van der Waals surface area contributed by atoms with Crippen LogP contribution >= 0.6 is 0 Å². The summed E-state index contributed by atoms with van der Waals surface area (Å²) in [5, 5.41) is 0. The SMILES string of the molecule is Cc1ccc(N(C2=CC3CC3(N(c3ccccc3)c3ccc(C)cc3)C=C2)c2ccccc2)cc1. The summed E-state index contributed by atoms with van der Waals surface area (Å²) in [6, 6.07) is 39.2. The number of fused-ring (bicyclic) bond motifs is 1. The minimum Gasteiger partial charge on any atom is -0.331 e. The molecule has 1 fully saturated rings. The molecule has 2 heteroatoms. The van der Waals surface area contributed by atoms with Gasteiger partial charge in [-0.2, -0.15) is 0 Å². The molecule has 1 saturated carbocycles. The van der Waals surface area contributed by atoms with E-state index in [1.165, 1.54) is 39.6 Å². The van der Waals surface area contributed by atoms with Gasteiger partial charge in [0.2, 0.25) is 0 Å². The fraction of sp³-hybridized carbons (Fsp3) is 0.152. The van der Waals surface area contributed by atoms with E-state index in [4.69, 9.17) is 0 Å². The van der Waals surface area contributed by atoms with Gasteiger partial charge in [-0.3, -0.25) is 0 Å². The van der Waals surface area contributed by atoms with E-state index in [-0.39, 0.29) is 5.54 Å². The first-order valence-electron chi connectivity index (χ1n) is 12.4. The molecule has 0 bridgehead atoms. The molecule has 4 aromatic rings. The fourth-order valence-corrected chi connectivity index (χ4v) is 5.28. The number of nitrogens with zero attached hydrogens (tertiary/aromatic N) is 2. The Labute approximate surface area is 208 Å². The van der Waals surface area contributed by atoms with E-state index in [9.17, 15) is 0 Å². The van der Waals surface area contributed by atoms with Crippen LogP contribution in [0.4, 0.5) is 22.7 Å². The van der Waals surface area contributed by atoms with Crippen molar-refractivity contribution >= 4 is 22.7 Å². The van der Waals surface area contributed by atoms with E-state index in [0.717, 1.165) is 6.42 Å². The molecule has 0 heterocycles. The lowest BCUT2D eigenvalue weighted by atomic mass is 10.0. The molecule has 0 N–H and O–H groups in total. The smallest absolute Gasteiger partial charge is 0.0708 e. The Morgan fingerprint density at radius 3 is 1.66 bits per heavy atom. The van der Waals surface area contributed by atoms with Crippen molar-refractivity contribution in [3.05, 3.63) is 144 Å². The molecular weight excluding hydrogens is 424 g/mol. The van der Waals surface area contributed by atoms with Crippen LogP contribution < -0.4 is 9.80 Å². The van der Waals surface area contributed by atoms with Crippen LogP contribution in [-0.2, 0) is 0 Å². The van der Waals surface area contributed by atoms with Crippen molar-refractivity contribution in [2.45, 2.75) is 25.8 Å². The van der Waals surface area contributed by atoms with Gasteiger partial charge in [0.05, 0.1) is 5.54 Å². The highest BCUT2D eigenvalue weighted by atomic mass is 15.3. The number of anilines is 4. The molecule has 2 nitrogen and oxygen atoms in total. The minimum atomic E-state index is -0.0320. The second-order valence-electron chi connectivity index (χ2n) is 9.74. The maximum absolute atomic E-state index is 2.53. The molecule has 0 radical (unpaired) electrons. The first-order chi connectivity index (χ1) is 17.1. The lowest BCUT2D eigenvalue weighted by molar-refractivity contribution is 0.745. The Balaban J connectivity index is 1.39. The molecular formula is C33H30N2. The summed E-state index contributed by atoms with van der Waals surface area (Å²) in [5.74, 6) is 0.445. The minimum absolute atomic E-state index is 0.0320. The van der Waals surface area contributed by atoms with E-state index in [1.54, 1.807) is 0 Å². The zero-order valence-corrected chi connectivity index (χ0v) is 20.3. The van der Waals surface area contributed by atoms with Crippen LogP contribution in [0.25, 0.3) is 0 Å². The van der Waals surface area contributed by atoms with Crippen molar-refractivity contribution in [1.82, 2.24) is 0 Å². The third-order valence-electron chi connectivity index (χ3n) is 7.23. The van der Waals surface area contributed by atoms with Gasteiger partial charge in [0.15, 0.2) is 0 Å². The van der Waals surface area contributed by atoms with Crippen molar-refractivity contribution in [2.75, 3.05) is 9.80 Å². The third kappa shape index (κ3) is 3.95. The Bertz CT molecular complexity index is 1370. The van der Waals surface area contributed by atoms with E-state index < -0.39 is 0 Å². The van der Waals surface area contributed by atoms with Gasteiger partial charge in [0, 0.05) is 34.4 Å². The third-order valence-corrected chi connectivity index (χ3v) is 7.23. The molecule has 4 aromatic carbocycles. The summed E-state index contributed by atoms with van der Waals surface area (Å²) in [6.45, 7) is 4.28. The molecule has 172 valence electrons. The highest BCUT2D eigenvalue weighted by molar-refractivity contribution is 5.74. The zero-order valence-electron chi connectivity index (χ0n) is 20.3. The molecule has 0 spiro atoms. The number of aryl methyl sites for hydroxylation is 2. The van der Waals surface area contributed by atoms with Crippen LogP contribution in [0.15, 0.2) is 133 Å². The number of allylic oxidation sites excluding steroid dienone is 1. The van der Waals surface area contributed by atoms with Crippen LogP contribution in [0.2, 0.25) is 0 Å². The van der Waals surface area contributed by atoms with Gasteiger partial charge in [0.25, 0.3) is 0 Å². The number of para-hydroxylation sites is 2. The van der Waals surface area contributed by atoms with E-state index >= 15 is 0 Å². The number of rotatable bonds is 6. The molecule has 0 saturated heterocycles. The maximum atomic E-state index is 2.53. The predicted octanol–water partition coefficient (Wildman–Crippen LogP) is 8.49. The van der Waals surface area contributed by atoms with Crippen LogP contribution in [0, 0.1) is 19.8 Å². The average molecular weight is 455 g/mol. The zero-order chi connectivity index (χ0) is 23.8. The summed E-state index contributed by atoms with van der Waals surface area (Å²) in [4.78, 5) is 4.90. The van der Waals surface area contributed by atoms with Crippen molar-refractivity contribution in [1.29, 1.82) is 0 Å². The highest BCUT2D eigenvalue weighted by Crippen LogP contribution is 2.57. The van der Waals surface area contributed by atoms with Crippen LogP contribution in [0.1, 0.15) is 17.5 Å². The first-order valence-corrected chi connectivity index (χ1v) is 12.4. The van der Waals surface area contributed by atoms with E-state index in [0.29, 0.717) is 5.92 Å². The number of hydrogen-bond donors (Lipinski definition) is 0. The van der Waals surface area contributed by atoms with Gasteiger partial charge in [-0.25, -0.2) is 0 Å². The number of hydrogen-bond acceptors (Lipinski definition) is 2. The van der Waals surface area contributed by atoms with Crippen LogP contribution in [0.5, 0.6) is 0 Å². The second-order valence-corrected chi connectivity index (χ2v) is 9.74. The number of benzene rings is 4. The van der Waals surface area contributed by atoms with Gasteiger partial charge in [-0.15, -0.1) is 0 Å². The predicted molar refractivity (Wildman–Crippen MR) is 148 cm³/mol. The Morgan fingerprint density at radius 2 is 1.09 bits per heavy atom. The van der Waals surface area contributed by atoms with Gasteiger partial charge < -0.3 is 9.80 Å². The molecule has 2 atom stereocenters. The molecule has 35 heavy (non-hydrogen) atoms. The maximum Gasteiger partial charge on any atom is 0.0708 e. The van der Waals surface area contributed by atoms with E-state index in [2.05, 4.69) is 151 Å². The van der Waals surface area contributed by atoms with Crippen molar-refractivity contribution in [3.63, 3.8) is 0 Å². The van der Waals surface area contributed by atoms with Gasteiger partial charge in [-0.1, -0.05) is 83.9 Å². The largest absolute Gasteiger partial charge is 0.331 e. The van der Waals surface area contributed by atoms with Crippen molar-refractivity contribution < 1.29 is 0 Å². The van der Waals surface area contributed by atoms with Crippen molar-refractivity contribution in [2.24, 2.45) is 5.92 Å². The van der Waals surface area contributed by atoms with E-state index in [1.807, 2.05) is 0 Å². The molecule has 2 unspecified atom stereocenters. The summed E-state index contributed by atoms with van der Waals surface area (Å²) >= 11 is 0. The fourth-order valence-electron chi connectivity index (χ4n) is 5.28. The molecule has 2 aliphatic rings. The lowest BCUT2D eigenvalue weighted by Crippen LogP contribution is -2.35. The topological polar surface area (TPSA) is 6.48 Å². The first kappa shape index (κ1) is 21.5.